The summed E-state index contributed by atoms with van der Waals surface area (Å²) >= 11 is 8.90. The third kappa shape index (κ3) is 9.58. The smallest absolute Gasteiger partial charge is 0.741 e. The molecule has 0 aromatic heterocycles. The van der Waals surface area contributed by atoms with Crippen LogP contribution >= 0.6 is 0 Å². The first kappa shape index (κ1) is 22.3. The van der Waals surface area contributed by atoms with Crippen molar-refractivity contribution in [3.8, 4) is 0 Å². The quantitative estimate of drug-likeness (QED) is 0.0851. The van der Waals surface area contributed by atoms with E-state index < -0.39 is 24.9 Å². The van der Waals surface area contributed by atoms with Crippen LogP contribution in [0.5, 0.6) is 0 Å². The number of rotatable bonds is 7. The van der Waals surface area contributed by atoms with E-state index in [1.165, 1.54) is 0 Å². The number of hydrogen-bond acceptors (Lipinski definition) is 10. The number of nitrogens with zero attached hydrogens (tertiary/aromatic N) is 4. The normalized spacial score (nSPS) is 18.2. The summed E-state index contributed by atoms with van der Waals surface area (Å²) < 4.78 is 0. The Bertz CT molecular complexity index is 425. The van der Waals surface area contributed by atoms with E-state index >= 15 is 0 Å². The largest absolute Gasteiger partial charge is 2.00 e. The summed E-state index contributed by atoms with van der Waals surface area (Å²) in [5.74, 6) is 0. The number of amidine groups is 2. The molecule has 10 nitrogen and oxygen atoms in total. The second-order valence-electron chi connectivity index (χ2n) is 3.33. The molecular formula is C8H14N6NiO4S2. The molecule has 8 N–H and O–H groups in total. The monoisotopic (exact) mass is 380 g/mol. The SMILES string of the molecule is N\C([S-])=N/N=C\C(=N/N=C(\N)[S-])C(O)C(O)C(O)CO.[Ni+2]. The second-order valence-corrected chi connectivity index (χ2v) is 4.17. The fourth-order valence-electron chi connectivity index (χ4n) is 0.907. The number of aliphatic hydroxyl groups is 4. The van der Waals surface area contributed by atoms with Crippen LogP contribution in [-0.2, 0) is 41.7 Å². The minimum absolute atomic E-state index is 0. The van der Waals surface area contributed by atoms with Crippen LogP contribution in [0.2, 0.25) is 0 Å². The van der Waals surface area contributed by atoms with Crippen molar-refractivity contribution in [3.05, 3.63) is 0 Å². The summed E-state index contributed by atoms with van der Waals surface area (Å²) in [5, 5.41) is 50.0. The van der Waals surface area contributed by atoms with E-state index in [-0.39, 0.29) is 32.5 Å². The van der Waals surface area contributed by atoms with Crippen molar-refractivity contribution in [2.75, 3.05) is 6.61 Å². The third-order valence-corrected chi connectivity index (χ3v) is 1.98. The molecule has 13 heteroatoms. The van der Waals surface area contributed by atoms with Crippen LogP contribution in [-0.4, -0.2) is 67.6 Å². The third-order valence-electron chi connectivity index (χ3n) is 1.82. The van der Waals surface area contributed by atoms with Crippen molar-refractivity contribution >= 4 is 47.5 Å². The zero-order chi connectivity index (χ0) is 15.7. The first-order valence-corrected chi connectivity index (χ1v) is 5.87. The van der Waals surface area contributed by atoms with Crippen molar-refractivity contribution in [3.63, 3.8) is 0 Å². The number of hydrogen-bond donors (Lipinski definition) is 6. The summed E-state index contributed by atoms with van der Waals surface area (Å²) in [5.41, 5.74) is 9.84. The summed E-state index contributed by atoms with van der Waals surface area (Å²) in [6.07, 6.45) is -4.17. The van der Waals surface area contributed by atoms with Crippen LogP contribution in [0.15, 0.2) is 20.4 Å². The van der Waals surface area contributed by atoms with Crippen molar-refractivity contribution in [1.29, 1.82) is 0 Å². The van der Waals surface area contributed by atoms with Gasteiger partial charge >= 0.3 is 16.5 Å². The molecule has 0 aromatic carbocycles. The van der Waals surface area contributed by atoms with Gasteiger partial charge in [-0.15, -0.1) is 0 Å². The second kappa shape index (κ2) is 11.7. The molecule has 0 aromatic rings. The Morgan fingerprint density at radius 2 is 1.57 bits per heavy atom. The average molecular weight is 381 g/mol. The zero-order valence-corrected chi connectivity index (χ0v) is 13.0. The molecule has 0 aliphatic rings. The topological polar surface area (TPSA) is 182 Å². The molecular weight excluding hydrogens is 367 g/mol. The molecule has 0 radical (unpaired) electrons. The Morgan fingerprint density at radius 1 is 1.05 bits per heavy atom. The van der Waals surface area contributed by atoms with E-state index in [4.69, 9.17) is 16.6 Å². The molecule has 0 aliphatic heterocycles. The Morgan fingerprint density at radius 3 is 2.00 bits per heavy atom. The molecule has 0 spiro atoms. The molecule has 0 saturated heterocycles. The van der Waals surface area contributed by atoms with E-state index in [0.717, 1.165) is 6.21 Å². The van der Waals surface area contributed by atoms with Crippen LogP contribution in [0, 0.1) is 0 Å². The van der Waals surface area contributed by atoms with Crippen molar-refractivity contribution in [2.24, 2.45) is 31.9 Å². The summed E-state index contributed by atoms with van der Waals surface area (Å²) in [4.78, 5) is 0. The van der Waals surface area contributed by atoms with Crippen LogP contribution < -0.4 is 11.5 Å². The molecule has 0 fully saturated rings. The molecule has 0 aliphatic carbocycles. The predicted octanol–water partition coefficient (Wildman–Crippen LogP) is -3.88. The van der Waals surface area contributed by atoms with E-state index in [1.807, 2.05) is 0 Å². The van der Waals surface area contributed by atoms with E-state index in [1.54, 1.807) is 0 Å². The molecule has 122 valence electrons. The zero-order valence-electron chi connectivity index (χ0n) is 10.4. The fourth-order valence-corrected chi connectivity index (χ4v) is 0.995. The molecule has 0 rings (SSSR count). The van der Waals surface area contributed by atoms with Gasteiger partial charge in [-0.3, -0.25) is 0 Å². The van der Waals surface area contributed by atoms with Crippen LogP contribution in [0.3, 0.4) is 0 Å². The van der Waals surface area contributed by atoms with Crippen LogP contribution in [0.25, 0.3) is 0 Å². The number of nitrogens with two attached hydrogens (primary N) is 2. The van der Waals surface area contributed by atoms with Gasteiger partial charge in [-0.25, -0.2) is 0 Å². The molecule has 0 amide bonds. The van der Waals surface area contributed by atoms with Crippen LogP contribution in [0.4, 0.5) is 0 Å². The summed E-state index contributed by atoms with van der Waals surface area (Å²) in [6, 6.07) is 0. The Hall–Kier alpha value is -0.946. The van der Waals surface area contributed by atoms with Gasteiger partial charge in [0.15, 0.2) is 0 Å². The van der Waals surface area contributed by atoms with Crippen LogP contribution in [0.1, 0.15) is 0 Å². The maximum absolute atomic E-state index is 9.76. The van der Waals surface area contributed by atoms with Crippen molar-refractivity contribution in [1.82, 2.24) is 0 Å². The minimum Gasteiger partial charge on any atom is -0.741 e. The van der Waals surface area contributed by atoms with Gasteiger partial charge in [0.1, 0.15) is 24.0 Å². The summed E-state index contributed by atoms with van der Waals surface area (Å²) in [7, 11) is 0. The molecule has 0 saturated carbocycles. The standard InChI is InChI=1S/C8H16N6O4S2.Ni/c9-7(19)13-11-1-3(12-14-8(10)20)5(17)6(18)4(16)2-15;/h1,4-6,15-18H,2H2,(H3,9,13,19)(H3,10,14,20);/q;+2/p-2/b11-1-,12-3+;. The Kier molecular flexibility index (Phi) is 12.4. The van der Waals surface area contributed by atoms with E-state index in [0.29, 0.717) is 0 Å². The van der Waals surface area contributed by atoms with Gasteiger partial charge in [-0.05, 0) is 10.3 Å². The molecule has 3 atom stereocenters. The maximum atomic E-state index is 9.76. The minimum atomic E-state index is -1.74. The van der Waals surface area contributed by atoms with Gasteiger partial charge in [0.05, 0.1) is 12.8 Å². The van der Waals surface area contributed by atoms with Gasteiger partial charge in [0.2, 0.25) is 0 Å². The molecule has 3 unspecified atom stereocenters. The van der Waals surface area contributed by atoms with Gasteiger partial charge in [-0.2, -0.15) is 20.4 Å². The first-order chi connectivity index (χ1) is 9.29. The molecule has 0 bridgehead atoms. The Labute approximate surface area is 141 Å². The maximum Gasteiger partial charge on any atom is 2.00 e. The van der Waals surface area contributed by atoms with Gasteiger partial charge in [0.25, 0.3) is 0 Å². The average Bonchev–Trinajstić information content (AvgIpc) is 2.39. The van der Waals surface area contributed by atoms with E-state index in [2.05, 4.69) is 45.7 Å². The van der Waals surface area contributed by atoms with Gasteiger partial charge in [-0.1, -0.05) is 0 Å². The van der Waals surface area contributed by atoms with Gasteiger partial charge < -0.3 is 57.2 Å². The van der Waals surface area contributed by atoms with E-state index in [9.17, 15) is 15.3 Å². The molecule has 21 heavy (non-hydrogen) atoms. The van der Waals surface area contributed by atoms with Gasteiger partial charge in [0, 0.05) is 0 Å². The number of aliphatic hydroxyl groups excluding tert-OH is 4. The summed E-state index contributed by atoms with van der Waals surface area (Å²) in [6.45, 7) is -0.771. The fraction of sp³-hybridized carbons (Fsp3) is 0.500. The Balaban J connectivity index is 0. The molecule has 0 heterocycles. The van der Waals surface area contributed by atoms with Crippen molar-refractivity contribution < 1.29 is 36.9 Å². The van der Waals surface area contributed by atoms with Crippen molar-refractivity contribution in [2.45, 2.75) is 18.3 Å². The predicted molar refractivity (Wildman–Crippen MR) is 79.0 cm³/mol. The first-order valence-electron chi connectivity index (χ1n) is 5.06.